The molecule has 3 saturated heterocycles. The maximum Gasteiger partial charge on any atom is 0.169 e. The molecule has 4 heterocycles. The van der Waals surface area contributed by atoms with Gasteiger partial charge < -0.3 is 25.8 Å². The highest BCUT2D eigenvalue weighted by atomic mass is 16.5. The number of nitrogens with two attached hydrogens (primary N) is 1. The second-order valence-electron chi connectivity index (χ2n) is 8.87. The number of phenols is 1. The molecular formula is C22H30N6O2. The van der Waals surface area contributed by atoms with Crippen molar-refractivity contribution in [2.75, 3.05) is 63.1 Å². The minimum absolute atomic E-state index is 0.201. The molecule has 30 heavy (non-hydrogen) atoms. The average Bonchev–Trinajstić information content (AvgIpc) is 2.75. The Morgan fingerprint density at radius 2 is 2.00 bits per heavy atom. The molecule has 1 spiro atoms. The molecule has 1 atom stereocenters. The van der Waals surface area contributed by atoms with E-state index < -0.39 is 0 Å². The van der Waals surface area contributed by atoms with Gasteiger partial charge in [0.25, 0.3) is 0 Å². The Labute approximate surface area is 177 Å². The van der Waals surface area contributed by atoms with E-state index in [1.54, 1.807) is 12.1 Å². The van der Waals surface area contributed by atoms with E-state index in [9.17, 15) is 5.11 Å². The van der Waals surface area contributed by atoms with Gasteiger partial charge in [0.05, 0.1) is 24.1 Å². The van der Waals surface area contributed by atoms with Crippen LogP contribution in [0.25, 0.3) is 11.3 Å². The van der Waals surface area contributed by atoms with Crippen molar-refractivity contribution >= 4 is 11.5 Å². The van der Waals surface area contributed by atoms with Crippen LogP contribution in [0.5, 0.6) is 5.75 Å². The quantitative estimate of drug-likeness (QED) is 0.694. The largest absolute Gasteiger partial charge is 0.507 e. The summed E-state index contributed by atoms with van der Waals surface area (Å²) < 4.78 is 5.85. The van der Waals surface area contributed by atoms with Gasteiger partial charge in [-0.05, 0) is 36.5 Å². The molecule has 8 heteroatoms. The van der Waals surface area contributed by atoms with E-state index >= 15 is 0 Å². The number of piperidine rings is 1. The Morgan fingerprint density at radius 3 is 2.73 bits per heavy atom. The first-order chi connectivity index (χ1) is 14.6. The molecule has 0 aliphatic carbocycles. The third-order valence-electron chi connectivity index (χ3n) is 6.73. The Balaban J connectivity index is 1.21. The molecular weight excluding hydrogens is 380 g/mol. The molecule has 0 saturated carbocycles. The molecule has 2 aromatic rings. The number of nitrogens with one attached hydrogen (secondary N) is 1. The average molecular weight is 411 g/mol. The monoisotopic (exact) mass is 410 g/mol. The Morgan fingerprint density at radius 1 is 1.20 bits per heavy atom. The summed E-state index contributed by atoms with van der Waals surface area (Å²) in [6, 6.07) is 9.14. The molecule has 1 aromatic heterocycles. The number of rotatable bonds is 4. The van der Waals surface area contributed by atoms with E-state index in [1.165, 1.54) is 0 Å². The van der Waals surface area contributed by atoms with Gasteiger partial charge in [-0.1, -0.05) is 12.1 Å². The third kappa shape index (κ3) is 3.82. The van der Waals surface area contributed by atoms with Crippen molar-refractivity contribution in [1.29, 1.82) is 0 Å². The number of likely N-dealkylation sites (tertiary alicyclic amines) is 1. The minimum atomic E-state index is 0.201. The first kappa shape index (κ1) is 19.5. The second-order valence-corrected chi connectivity index (χ2v) is 8.87. The molecule has 4 N–H and O–H groups in total. The summed E-state index contributed by atoms with van der Waals surface area (Å²) in [7, 11) is 0. The normalized spacial score (nSPS) is 24.0. The molecule has 3 aliphatic rings. The first-order valence-electron chi connectivity index (χ1n) is 10.8. The fourth-order valence-electron chi connectivity index (χ4n) is 5.06. The molecule has 5 rings (SSSR count). The molecule has 0 unspecified atom stereocenters. The fourth-order valence-corrected chi connectivity index (χ4v) is 5.06. The van der Waals surface area contributed by atoms with E-state index in [2.05, 4.69) is 25.3 Å². The Bertz CT molecular complexity index is 885. The van der Waals surface area contributed by atoms with Crippen molar-refractivity contribution in [3.63, 3.8) is 0 Å². The number of ether oxygens (including phenoxy) is 1. The van der Waals surface area contributed by atoms with E-state index in [0.717, 1.165) is 70.9 Å². The van der Waals surface area contributed by atoms with Crippen LogP contribution in [-0.4, -0.2) is 78.7 Å². The first-order valence-corrected chi connectivity index (χ1v) is 10.8. The maximum atomic E-state index is 10.2. The summed E-state index contributed by atoms with van der Waals surface area (Å²) in [6.45, 7) is 8.03. The minimum Gasteiger partial charge on any atom is -0.507 e. The maximum absolute atomic E-state index is 10.2. The van der Waals surface area contributed by atoms with Gasteiger partial charge in [-0.25, -0.2) is 0 Å². The lowest BCUT2D eigenvalue weighted by Gasteiger charge is -2.55. The van der Waals surface area contributed by atoms with Crippen LogP contribution in [0.4, 0.5) is 11.5 Å². The van der Waals surface area contributed by atoms with E-state index in [1.807, 2.05) is 18.2 Å². The topological polar surface area (TPSA) is 99.8 Å². The van der Waals surface area contributed by atoms with Crippen molar-refractivity contribution in [2.45, 2.75) is 18.9 Å². The highest BCUT2D eigenvalue weighted by Crippen LogP contribution is 2.42. The summed E-state index contributed by atoms with van der Waals surface area (Å²) >= 11 is 0. The number of para-hydroxylation sites is 1. The number of aromatic nitrogens is 2. The molecule has 0 radical (unpaired) electrons. The zero-order chi connectivity index (χ0) is 20.6. The molecule has 0 amide bonds. The molecule has 3 fully saturated rings. The predicted octanol–water partition coefficient (Wildman–Crippen LogP) is 1.32. The second kappa shape index (κ2) is 8.02. The van der Waals surface area contributed by atoms with Crippen molar-refractivity contribution in [3.05, 3.63) is 30.3 Å². The van der Waals surface area contributed by atoms with Crippen LogP contribution < -0.4 is 16.0 Å². The van der Waals surface area contributed by atoms with Gasteiger partial charge in [0.1, 0.15) is 5.75 Å². The van der Waals surface area contributed by atoms with Crippen molar-refractivity contribution < 1.29 is 9.84 Å². The molecule has 0 bridgehead atoms. The Hall–Kier alpha value is -2.42. The molecule has 3 aliphatic heterocycles. The summed E-state index contributed by atoms with van der Waals surface area (Å²) in [4.78, 5) is 4.85. The van der Waals surface area contributed by atoms with E-state index in [-0.39, 0.29) is 5.75 Å². The number of benzene rings is 1. The van der Waals surface area contributed by atoms with Crippen molar-refractivity contribution in [3.8, 4) is 17.0 Å². The van der Waals surface area contributed by atoms with Gasteiger partial charge in [-0.3, -0.25) is 4.90 Å². The highest BCUT2D eigenvalue weighted by Gasteiger charge is 2.45. The lowest BCUT2D eigenvalue weighted by Crippen LogP contribution is -2.62. The van der Waals surface area contributed by atoms with E-state index in [4.69, 9.17) is 10.5 Å². The zero-order valence-electron chi connectivity index (χ0n) is 17.3. The van der Waals surface area contributed by atoms with Gasteiger partial charge in [-0.2, -0.15) is 0 Å². The van der Waals surface area contributed by atoms with Crippen LogP contribution in [0.15, 0.2) is 30.3 Å². The van der Waals surface area contributed by atoms with Crippen LogP contribution in [0.3, 0.4) is 0 Å². The number of hydrogen-bond acceptors (Lipinski definition) is 8. The van der Waals surface area contributed by atoms with Gasteiger partial charge >= 0.3 is 0 Å². The number of nitrogen functional groups attached to an aromatic ring is 1. The van der Waals surface area contributed by atoms with Crippen LogP contribution in [0.1, 0.15) is 12.8 Å². The summed E-state index contributed by atoms with van der Waals surface area (Å²) in [5, 5.41) is 21.9. The molecule has 1 aromatic carbocycles. The number of nitrogens with zero attached hydrogens (tertiary/aromatic N) is 4. The van der Waals surface area contributed by atoms with E-state index in [0.29, 0.717) is 28.6 Å². The van der Waals surface area contributed by atoms with Crippen LogP contribution in [0.2, 0.25) is 0 Å². The van der Waals surface area contributed by atoms with Gasteiger partial charge in [0.2, 0.25) is 0 Å². The predicted molar refractivity (Wildman–Crippen MR) is 116 cm³/mol. The standard InChI is InChI=1S/C22H30N6O2/c23-21-19(11-18(25-26-21)17-3-1-2-4-20(17)29)28-8-5-22(6-9-28)14-27(15-22)13-16-12-24-7-10-30-16/h1-4,11,16,24,29H,5-10,12-15H2,(H2,23,26)/t16-/m1/s1. The Kier molecular flexibility index (Phi) is 5.22. The molecule has 160 valence electrons. The number of morpholine rings is 1. The SMILES string of the molecule is Nc1nnc(-c2ccccc2O)cc1N1CCC2(CC1)CN(C[C@H]1CNCCO1)C2. The fraction of sp³-hybridized carbons (Fsp3) is 0.545. The number of anilines is 2. The van der Waals surface area contributed by atoms with Crippen LogP contribution in [-0.2, 0) is 4.74 Å². The van der Waals surface area contributed by atoms with Crippen LogP contribution in [0, 0.1) is 5.41 Å². The number of aromatic hydroxyl groups is 1. The number of phenolic OH excluding ortho intramolecular Hbond substituents is 1. The van der Waals surface area contributed by atoms with Gasteiger partial charge in [0.15, 0.2) is 5.82 Å². The lowest BCUT2D eigenvalue weighted by atomic mass is 9.72. The zero-order valence-corrected chi connectivity index (χ0v) is 17.3. The number of hydrogen-bond donors (Lipinski definition) is 3. The van der Waals surface area contributed by atoms with Gasteiger partial charge in [-0.15, -0.1) is 10.2 Å². The summed E-state index contributed by atoms with van der Waals surface area (Å²) in [5.74, 6) is 0.647. The summed E-state index contributed by atoms with van der Waals surface area (Å²) in [6.07, 6.45) is 2.63. The van der Waals surface area contributed by atoms with Gasteiger partial charge in [0, 0.05) is 51.4 Å². The third-order valence-corrected chi connectivity index (χ3v) is 6.73. The van der Waals surface area contributed by atoms with Crippen molar-refractivity contribution in [1.82, 2.24) is 20.4 Å². The smallest absolute Gasteiger partial charge is 0.169 e. The van der Waals surface area contributed by atoms with Crippen molar-refractivity contribution in [2.24, 2.45) is 5.41 Å². The summed E-state index contributed by atoms with van der Waals surface area (Å²) in [5.41, 5.74) is 8.83. The molecule has 8 nitrogen and oxygen atoms in total. The highest BCUT2D eigenvalue weighted by molar-refractivity contribution is 5.74. The van der Waals surface area contributed by atoms with Crippen LogP contribution >= 0.6 is 0 Å². The lowest BCUT2D eigenvalue weighted by molar-refractivity contribution is -0.0646.